The standard InChI is InChI=1S/C26H29N3O2/c1-25(2)11-18-23(20(30)13-25)22(24-19(28-18)12-26(3,4)14-21(24)31)16-6-5-7-17(10-16)29-9-8-27-15-29/h5-10,15,22-23H,11-14H2,1-4H3. The Balaban J connectivity index is 1.68. The first-order valence-electron chi connectivity index (χ1n) is 11.1. The lowest BCUT2D eigenvalue weighted by Gasteiger charge is -2.44. The maximum absolute atomic E-state index is 13.4. The van der Waals surface area contributed by atoms with Gasteiger partial charge in [0.05, 0.1) is 12.2 Å². The quantitative estimate of drug-likeness (QED) is 0.689. The Morgan fingerprint density at radius 2 is 1.74 bits per heavy atom. The summed E-state index contributed by atoms with van der Waals surface area (Å²) < 4.78 is 1.95. The Hall–Kier alpha value is -2.82. The smallest absolute Gasteiger partial charge is 0.161 e. The Labute approximate surface area is 183 Å². The summed E-state index contributed by atoms with van der Waals surface area (Å²) in [4.78, 5) is 36.0. The molecule has 31 heavy (non-hydrogen) atoms. The highest BCUT2D eigenvalue weighted by molar-refractivity contribution is 6.13. The molecule has 5 nitrogen and oxygen atoms in total. The molecule has 2 heterocycles. The van der Waals surface area contributed by atoms with Gasteiger partial charge in [-0.15, -0.1) is 0 Å². The number of aromatic nitrogens is 2. The van der Waals surface area contributed by atoms with Crippen LogP contribution in [0, 0.1) is 16.7 Å². The largest absolute Gasteiger partial charge is 0.306 e. The molecule has 0 saturated heterocycles. The van der Waals surface area contributed by atoms with Gasteiger partial charge in [0, 0.05) is 53.8 Å². The van der Waals surface area contributed by atoms with Crippen LogP contribution in [0.25, 0.3) is 5.69 Å². The first-order chi connectivity index (χ1) is 14.6. The van der Waals surface area contributed by atoms with E-state index in [9.17, 15) is 9.59 Å². The number of rotatable bonds is 2. The molecule has 0 spiro atoms. The van der Waals surface area contributed by atoms with Crippen molar-refractivity contribution in [2.24, 2.45) is 21.7 Å². The van der Waals surface area contributed by atoms with E-state index in [-0.39, 0.29) is 34.2 Å². The van der Waals surface area contributed by atoms with Crippen LogP contribution >= 0.6 is 0 Å². The summed E-state index contributed by atoms with van der Waals surface area (Å²) in [5.74, 6) is -0.241. The molecule has 3 aliphatic rings. The molecule has 0 bridgehead atoms. The van der Waals surface area contributed by atoms with E-state index in [2.05, 4.69) is 44.8 Å². The number of benzene rings is 1. The predicted molar refractivity (Wildman–Crippen MR) is 120 cm³/mol. The van der Waals surface area contributed by atoms with Crippen LogP contribution in [-0.4, -0.2) is 26.8 Å². The molecule has 0 radical (unpaired) electrons. The number of aliphatic imine (C=N–C) groups is 1. The highest BCUT2D eigenvalue weighted by Crippen LogP contribution is 2.51. The average Bonchev–Trinajstić information content (AvgIpc) is 3.19. The number of hydrogen-bond acceptors (Lipinski definition) is 4. The van der Waals surface area contributed by atoms with Gasteiger partial charge < -0.3 is 4.57 Å². The van der Waals surface area contributed by atoms with Crippen molar-refractivity contribution in [2.75, 3.05) is 0 Å². The lowest BCUT2D eigenvalue weighted by molar-refractivity contribution is -0.124. The fraction of sp³-hybridized carbons (Fsp3) is 0.462. The van der Waals surface area contributed by atoms with E-state index >= 15 is 0 Å². The fourth-order valence-electron chi connectivity index (χ4n) is 5.66. The zero-order valence-electron chi connectivity index (χ0n) is 18.7. The number of Topliss-reactive ketones (excluding diaryl/α,β-unsaturated/α-hetero) is 2. The van der Waals surface area contributed by atoms with E-state index < -0.39 is 0 Å². The number of nitrogens with zero attached hydrogens (tertiary/aromatic N) is 3. The summed E-state index contributed by atoms with van der Waals surface area (Å²) in [6.45, 7) is 8.54. The van der Waals surface area contributed by atoms with Crippen LogP contribution < -0.4 is 0 Å². The van der Waals surface area contributed by atoms with E-state index in [4.69, 9.17) is 4.99 Å². The maximum atomic E-state index is 13.4. The molecule has 1 fully saturated rings. The number of allylic oxidation sites excluding steroid dienone is 2. The molecule has 0 amide bonds. The average molecular weight is 416 g/mol. The third-order valence-corrected chi connectivity index (χ3v) is 6.87. The Bertz CT molecular complexity index is 1140. The number of carbonyl (C=O) groups excluding carboxylic acids is 2. The van der Waals surface area contributed by atoms with E-state index in [0.29, 0.717) is 12.8 Å². The fourth-order valence-corrected chi connectivity index (χ4v) is 5.66. The second-order valence-corrected chi connectivity index (χ2v) is 10.9. The van der Waals surface area contributed by atoms with Crippen molar-refractivity contribution < 1.29 is 9.59 Å². The van der Waals surface area contributed by atoms with Crippen LogP contribution in [0.2, 0.25) is 0 Å². The molecule has 0 N–H and O–H groups in total. The third-order valence-electron chi connectivity index (χ3n) is 6.87. The van der Waals surface area contributed by atoms with Crippen molar-refractivity contribution in [3.63, 3.8) is 0 Å². The van der Waals surface area contributed by atoms with Gasteiger partial charge in [0.25, 0.3) is 0 Å². The SMILES string of the molecule is CC1(C)CC(=O)C2C(=NC3=C(C(=O)CC(C)(C)C3)C2c2cccc(-n3ccnc3)c2)C1. The van der Waals surface area contributed by atoms with Crippen molar-refractivity contribution in [3.8, 4) is 5.69 Å². The zero-order chi connectivity index (χ0) is 22.0. The highest BCUT2D eigenvalue weighted by Gasteiger charge is 2.49. The molecule has 2 unspecified atom stereocenters. The predicted octanol–water partition coefficient (Wildman–Crippen LogP) is 5.06. The van der Waals surface area contributed by atoms with Crippen molar-refractivity contribution >= 4 is 17.3 Å². The topological polar surface area (TPSA) is 64.3 Å². The van der Waals surface area contributed by atoms with E-state index in [1.807, 2.05) is 22.9 Å². The molecule has 1 aromatic heterocycles. The van der Waals surface area contributed by atoms with Crippen LogP contribution in [0.5, 0.6) is 0 Å². The summed E-state index contributed by atoms with van der Waals surface area (Å²) in [5.41, 5.74) is 4.42. The number of carbonyl (C=O) groups is 2. The van der Waals surface area contributed by atoms with Crippen molar-refractivity contribution in [1.82, 2.24) is 9.55 Å². The Kier molecular flexibility index (Phi) is 4.44. The Morgan fingerprint density at radius 1 is 0.968 bits per heavy atom. The van der Waals surface area contributed by atoms with Gasteiger partial charge in [-0.1, -0.05) is 39.8 Å². The lowest BCUT2D eigenvalue weighted by atomic mass is 9.60. The second kappa shape index (κ2) is 6.84. The molecular formula is C26H29N3O2. The highest BCUT2D eigenvalue weighted by atomic mass is 16.1. The zero-order valence-corrected chi connectivity index (χ0v) is 18.7. The third kappa shape index (κ3) is 3.50. The van der Waals surface area contributed by atoms with E-state index in [0.717, 1.165) is 41.1 Å². The first kappa shape index (κ1) is 20.1. The van der Waals surface area contributed by atoms with Crippen LogP contribution in [0.15, 0.2) is 59.2 Å². The van der Waals surface area contributed by atoms with Gasteiger partial charge in [-0.25, -0.2) is 4.98 Å². The van der Waals surface area contributed by atoms with Crippen LogP contribution in [0.4, 0.5) is 0 Å². The molecule has 5 heteroatoms. The molecular weight excluding hydrogens is 386 g/mol. The van der Waals surface area contributed by atoms with Crippen LogP contribution in [-0.2, 0) is 9.59 Å². The van der Waals surface area contributed by atoms with Crippen LogP contribution in [0.1, 0.15) is 64.9 Å². The molecule has 160 valence electrons. The molecule has 2 aliphatic carbocycles. The second-order valence-electron chi connectivity index (χ2n) is 10.9. The number of hydrogen-bond donors (Lipinski definition) is 0. The minimum atomic E-state index is -0.338. The van der Waals surface area contributed by atoms with Gasteiger partial charge in [0.2, 0.25) is 0 Å². The van der Waals surface area contributed by atoms with Gasteiger partial charge in [0.15, 0.2) is 5.78 Å². The monoisotopic (exact) mass is 415 g/mol. The summed E-state index contributed by atoms with van der Waals surface area (Å²) in [6.07, 6.45) is 8.01. The molecule has 2 atom stereocenters. The van der Waals surface area contributed by atoms with Gasteiger partial charge in [-0.2, -0.15) is 0 Å². The summed E-state index contributed by atoms with van der Waals surface area (Å²) in [5, 5.41) is 0. The van der Waals surface area contributed by atoms with Gasteiger partial charge in [-0.05, 0) is 41.4 Å². The minimum Gasteiger partial charge on any atom is -0.306 e. The number of fused-ring (bicyclic) bond motifs is 1. The maximum Gasteiger partial charge on any atom is 0.161 e. The van der Waals surface area contributed by atoms with Gasteiger partial charge >= 0.3 is 0 Å². The normalized spacial score (nSPS) is 26.9. The van der Waals surface area contributed by atoms with Crippen molar-refractivity contribution in [3.05, 3.63) is 59.8 Å². The molecule has 1 saturated carbocycles. The number of ketones is 2. The molecule has 1 aromatic carbocycles. The summed E-state index contributed by atoms with van der Waals surface area (Å²) in [6, 6.07) is 8.18. The molecule has 1 aliphatic heterocycles. The number of imidazole rings is 1. The molecule has 2 aromatic rings. The van der Waals surface area contributed by atoms with Gasteiger partial charge in [-0.3, -0.25) is 14.6 Å². The van der Waals surface area contributed by atoms with Crippen molar-refractivity contribution in [2.45, 2.75) is 59.3 Å². The van der Waals surface area contributed by atoms with Crippen molar-refractivity contribution in [1.29, 1.82) is 0 Å². The Morgan fingerprint density at radius 3 is 2.48 bits per heavy atom. The lowest BCUT2D eigenvalue weighted by Crippen LogP contribution is -2.45. The molecule has 5 rings (SSSR count). The van der Waals surface area contributed by atoms with Gasteiger partial charge in [0.1, 0.15) is 5.78 Å². The van der Waals surface area contributed by atoms with E-state index in [1.165, 1.54) is 0 Å². The van der Waals surface area contributed by atoms with Crippen LogP contribution in [0.3, 0.4) is 0 Å². The minimum absolute atomic E-state index is 0.0954. The van der Waals surface area contributed by atoms with E-state index in [1.54, 1.807) is 12.5 Å². The first-order valence-corrected chi connectivity index (χ1v) is 11.1. The summed E-state index contributed by atoms with van der Waals surface area (Å²) >= 11 is 0. The summed E-state index contributed by atoms with van der Waals surface area (Å²) in [7, 11) is 0.